The number of aromatic nitrogens is 2. The molecular weight excluding hydrogens is 389 g/mol. The second kappa shape index (κ2) is 5.08. The van der Waals surface area contributed by atoms with Gasteiger partial charge in [-0.15, -0.1) is 0 Å². The lowest BCUT2D eigenvalue weighted by Gasteiger charge is -2.15. The van der Waals surface area contributed by atoms with E-state index >= 15 is 0 Å². The van der Waals surface area contributed by atoms with Gasteiger partial charge in [0.2, 0.25) is 5.95 Å². The molecule has 5 heteroatoms. The number of para-hydroxylation sites is 2. The van der Waals surface area contributed by atoms with E-state index in [4.69, 9.17) is 0 Å². The number of aryl methyl sites for hydroxylation is 1. The van der Waals surface area contributed by atoms with Crippen LogP contribution in [0.4, 0.5) is 5.95 Å². The van der Waals surface area contributed by atoms with E-state index in [-0.39, 0.29) is 5.91 Å². The number of rotatable bonds is 1. The summed E-state index contributed by atoms with van der Waals surface area (Å²) in [5, 5.41) is 0. The Balaban J connectivity index is 1.80. The highest BCUT2D eigenvalue weighted by Crippen LogP contribution is 2.29. The number of hydrogen-bond acceptors (Lipinski definition) is 2. The first kappa shape index (κ1) is 13.8. The Morgan fingerprint density at radius 2 is 1.95 bits per heavy atom. The average molecular weight is 403 g/mol. The fourth-order valence-electron chi connectivity index (χ4n) is 2.94. The first-order valence-electron chi connectivity index (χ1n) is 7.19. The maximum absolute atomic E-state index is 12.9. The minimum atomic E-state index is 0.0298. The van der Waals surface area contributed by atoms with E-state index < -0.39 is 0 Å². The van der Waals surface area contributed by atoms with Gasteiger partial charge in [-0.25, -0.2) is 4.98 Å². The number of anilines is 1. The summed E-state index contributed by atoms with van der Waals surface area (Å²) in [6, 6.07) is 13.9. The van der Waals surface area contributed by atoms with Gasteiger partial charge in [0.1, 0.15) is 0 Å². The Labute approximate surface area is 141 Å². The van der Waals surface area contributed by atoms with Crippen LogP contribution in [-0.2, 0) is 6.54 Å². The SMILES string of the molecule is Cc1cccc(C(=O)N2CCn3c2nc2ccccc23)c1I. The molecule has 4 nitrogen and oxygen atoms in total. The van der Waals surface area contributed by atoms with Crippen LogP contribution in [0.2, 0.25) is 0 Å². The molecule has 22 heavy (non-hydrogen) atoms. The number of halogens is 1. The third-order valence-corrected chi connectivity index (χ3v) is 5.52. The summed E-state index contributed by atoms with van der Waals surface area (Å²) < 4.78 is 3.13. The van der Waals surface area contributed by atoms with E-state index in [2.05, 4.69) is 38.2 Å². The van der Waals surface area contributed by atoms with Crippen LogP contribution in [0.1, 0.15) is 15.9 Å². The summed E-state index contributed by atoms with van der Waals surface area (Å²) in [7, 11) is 0. The van der Waals surface area contributed by atoms with Crippen molar-refractivity contribution >= 4 is 45.5 Å². The fourth-order valence-corrected chi connectivity index (χ4v) is 3.53. The first-order chi connectivity index (χ1) is 10.7. The molecule has 4 rings (SSSR count). The number of hydrogen-bond donors (Lipinski definition) is 0. The van der Waals surface area contributed by atoms with Gasteiger partial charge in [-0.05, 0) is 53.3 Å². The van der Waals surface area contributed by atoms with Gasteiger partial charge in [-0.3, -0.25) is 9.69 Å². The van der Waals surface area contributed by atoms with Gasteiger partial charge in [-0.1, -0.05) is 24.3 Å². The van der Waals surface area contributed by atoms with Crippen LogP contribution < -0.4 is 4.90 Å². The zero-order valence-corrected chi connectivity index (χ0v) is 14.2. The van der Waals surface area contributed by atoms with Crippen molar-refractivity contribution in [3.8, 4) is 0 Å². The Bertz CT molecular complexity index is 900. The molecule has 1 amide bonds. The summed E-state index contributed by atoms with van der Waals surface area (Å²) in [6.07, 6.45) is 0. The van der Waals surface area contributed by atoms with Crippen LogP contribution >= 0.6 is 22.6 Å². The zero-order valence-electron chi connectivity index (χ0n) is 12.1. The summed E-state index contributed by atoms with van der Waals surface area (Å²) in [6.45, 7) is 3.50. The van der Waals surface area contributed by atoms with E-state index in [1.54, 1.807) is 4.90 Å². The largest absolute Gasteiger partial charge is 0.308 e. The molecule has 2 aromatic carbocycles. The summed E-state index contributed by atoms with van der Waals surface area (Å²) in [5.41, 5.74) is 3.90. The smallest absolute Gasteiger partial charge is 0.261 e. The average Bonchev–Trinajstić information content (AvgIpc) is 3.08. The second-order valence-electron chi connectivity index (χ2n) is 5.45. The van der Waals surface area contributed by atoms with Crippen molar-refractivity contribution in [2.75, 3.05) is 11.4 Å². The maximum atomic E-state index is 12.9. The van der Waals surface area contributed by atoms with Crippen LogP contribution in [0, 0.1) is 10.5 Å². The molecule has 0 saturated heterocycles. The van der Waals surface area contributed by atoms with E-state index in [0.717, 1.165) is 38.2 Å². The predicted molar refractivity (Wildman–Crippen MR) is 95.3 cm³/mol. The lowest BCUT2D eigenvalue weighted by molar-refractivity contribution is 0.0988. The highest BCUT2D eigenvalue weighted by atomic mass is 127. The number of imidazole rings is 1. The molecule has 1 aliphatic heterocycles. The van der Waals surface area contributed by atoms with Crippen LogP contribution in [0.25, 0.3) is 11.0 Å². The van der Waals surface area contributed by atoms with Crippen molar-refractivity contribution in [1.29, 1.82) is 0 Å². The number of fused-ring (bicyclic) bond motifs is 3. The van der Waals surface area contributed by atoms with Crippen molar-refractivity contribution in [2.24, 2.45) is 0 Å². The summed E-state index contributed by atoms with van der Waals surface area (Å²) in [5.74, 6) is 0.783. The Hall–Kier alpha value is -1.89. The molecule has 0 bridgehead atoms. The zero-order chi connectivity index (χ0) is 15.3. The van der Waals surface area contributed by atoms with Gasteiger partial charge in [0.25, 0.3) is 5.91 Å². The lowest BCUT2D eigenvalue weighted by Crippen LogP contribution is -2.30. The van der Waals surface area contributed by atoms with Crippen molar-refractivity contribution in [3.05, 3.63) is 57.2 Å². The summed E-state index contributed by atoms with van der Waals surface area (Å²) >= 11 is 2.25. The Kier molecular flexibility index (Phi) is 3.18. The molecule has 3 aromatic rings. The van der Waals surface area contributed by atoms with Crippen LogP contribution in [0.3, 0.4) is 0 Å². The Morgan fingerprint density at radius 1 is 1.14 bits per heavy atom. The molecule has 0 spiro atoms. The van der Waals surface area contributed by atoms with Gasteiger partial charge >= 0.3 is 0 Å². The number of amides is 1. The normalized spacial score (nSPS) is 13.6. The van der Waals surface area contributed by atoms with Crippen LogP contribution in [0.5, 0.6) is 0 Å². The second-order valence-corrected chi connectivity index (χ2v) is 6.52. The van der Waals surface area contributed by atoms with Crippen LogP contribution in [0.15, 0.2) is 42.5 Å². The third kappa shape index (κ3) is 1.95. The first-order valence-corrected chi connectivity index (χ1v) is 8.27. The predicted octanol–water partition coefficient (Wildman–Crippen LogP) is 3.61. The molecule has 0 atom stereocenters. The number of carbonyl (C=O) groups is 1. The molecule has 110 valence electrons. The molecule has 0 fully saturated rings. The van der Waals surface area contributed by atoms with E-state index in [1.807, 2.05) is 43.3 Å². The van der Waals surface area contributed by atoms with Gasteiger partial charge in [0.15, 0.2) is 0 Å². The number of benzene rings is 2. The van der Waals surface area contributed by atoms with Crippen molar-refractivity contribution in [1.82, 2.24) is 9.55 Å². The molecule has 0 unspecified atom stereocenters. The topological polar surface area (TPSA) is 38.1 Å². The van der Waals surface area contributed by atoms with E-state index in [9.17, 15) is 4.79 Å². The molecule has 0 aliphatic carbocycles. The molecule has 1 aromatic heterocycles. The van der Waals surface area contributed by atoms with Crippen molar-refractivity contribution < 1.29 is 4.79 Å². The molecule has 0 N–H and O–H groups in total. The third-order valence-electron chi connectivity index (χ3n) is 4.09. The van der Waals surface area contributed by atoms with Crippen molar-refractivity contribution in [3.63, 3.8) is 0 Å². The molecule has 0 radical (unpaired) electrons. The molecule has 2 heterocycles. The molecule has 1 aliphatic rings. The number of nitrogens with zero attached hydrogens (tertiary/aromatic N) is 3. The summed E-state index contributed by atoms with van der Waals surface area (Å²) in [4.78, 5) is 19.4. The Morgan fingerprint density at radius 3 is 2.82 bits per heavy atom. The maximum Gasteiger partial charge on any atom is 0.261 e. The fraction of sp³-hybridized carbons (Fsp3) is 0.176. The highest BCUT2D eigenvalue weighted by Gasteiger charge is 2.29. The molecule has 0 saturated carbocycles. The van der Waals surface area contributed by atoms with Gasteiger partial charge < -0.3 is 4.57 Å². The van der Waals surface area contributed by atoms with Gasteiger partial charge in [-0.2, -0.15) is 0 Å². The van der Waals surface area contributed by atoms with E-state index in [0.29, 0.717) is 6.54 Å². The monoisotopic (exact) mass is 403 g/mol. The van der Waals surface area contributed by atoms with Gasteiger partial charge in [0.05, 0.1) is 16.6 Å². The number of carbonyl (C=O) groups excluding carboxylic acids is 1. The van der Waals surface area contributed by atoms with Gasteiger partial charge in [0, 0.05) is 16.7 Å². The molecular formula is C17H14IN3O. The van der Waals surface area contributed by atoms with E-state index in [1.165, 1.54) is 0 Å². The highest BCUT2D eigenvalue weighted by molar-refractivity contribution is 14.1. The minimum absolute atomic E-state index is 0.0298. The van der Waals surface area contributed by atoms with Crippen LogP contribution in [-0.4, -0.2) is 22.0 Å². The quantitative estimate of drug-likeness (QED) is 0.583. The lowest BCUT2D eigenvalue weighted by atomic mass is 10.1. The minimum Gasteiger partial charge on any atom is -0.308 e. The standard InChI is InChI=1S/C17H14IN3O/c1-11-5-4-6-12(15(11)18)16(22)21-10-9-20-14-8-3-2-7-13(14)19-17(20)21/h2-8H,9-10H2,1H3. The van der Waals surface area contributed by atoms with Crippen molar-refractivity contribution in [2.45, 2.75) is 13.5 Å².